The molecule has 0 rings (SSSR count). The first-order valence-corrected chi connectivity index (χ1v) is 16.6. The molecule has 0 radical (unpaired) electrons. The highest BCUT2D eigenvalue weighted by atomic mass is 31.2. The van der Waals surface area contributed by atoms with Gasteiger partial charge in [0.25, 0.3) is 0 Å². The van der Waals surface area contributed by atoms with E-state index >= 15 is 0 Å². The van der Waals surface area contributed by atoms with Gasteiger partial charge >= 0.3 is 25.7 Å². The molecule has 0 bridgehead atoms. The van der Waals surface area contributed by atoms with Gasteiger partial charge in [-0.3, -0.25) is 23.4 Å². The molecule has 0 saturated heterocycles. The maximum atomic E-state index is 12.4. The molecule has 0 aliphatic heterocycles. The number of ether oxygens (including phenoxy) is 2. The zero-order valence-electron chi connectivity index (χ0n) is 24.7. The number of carboxylic acids is 1. The molecule has 0 aliphatic rings. The SMILES string of the molecule is CCCCCCCCCCCC(=O)O[C@H](COC(=O)CCCCCCCCC)COP(=O)(O)OC[C@H](N)C(=O)O. The van der Waals surface area contributed by atoms with Crippen molar-refractivity contribution in [3.63, 3.8) is 0 Å². The van der Waals surface area contributed by atoms with Gasteiger partial charge in [0.1, 0.15) is 12.6 Å². The number of phosphoric ester groups is 1. The van der Waals surface area contributed by atoms with Crippen molar-refractivity contribution in [2.24, 2.45) is 5.73 Å². The lowest BCUT2D eigenvalue weighted by molar-refractivity contribution is -0.161. The summed E-state index contributed by atoms with van der Waals surface area (Å²) in [7, 11) is -4.68. The van der Waals surface area contributed by atoms with Gasteiger partial charge in [-0.05, 0) is 12.8 Å². The molecule has 0 heterocycles. The van der Waals surface area contributed by atoms with Crippen LogP contribution in [0.4, 0.5) is 0 Å². The van der Waals surface area contributed by atoms with Crippen LogP contribution in [-0.2, 0) is 37.5 Å². The van der Waals surface area contributed by atoms with Crippen molar-refractivity contribution in [1.82, 2.24) is 0 Å². The van der Waals surface area contributed by atoms with Crippen molar-refractivity contribution in [1.29, 1.82) is 0 Å². The molecule has 0 aromatic heterocycles. The molecule has 40 heavy (non-hydrogen) atoms. The number of nitrogens with two attached hydrogens (primary N) is 1. The van der Waals surface area contributed by atoms with Crippen LogP contribution in [-0.4, -0.2) is 59.9 Å². The van der Waals surface area contributed by atoms with Crippen molar-refractivity contribution in [3.8, 4) is 0 Å². The van der Waals surface area contributed by atoms with Gasteiger partial charge in [0.2, 0.25) is 0 Å². The number of carbonyl (C=O) groups excluding carboxylic acids is 2. The van der Waals surface area contributed by atoms with E-state index in [0.717, 1.165) is 38.5 Å². The third-order valence-corrected chi connectivity index (χ3v) is 7.31. The fourth-order valence-corrected chi connectivity index (χ4v) is 4.66. The van der Waals surface area contributed by atoms with E-state index in [-0.39, 0.29) is 19.4 Å². The molecule has 0 aromatic carbocycles. The highest BCUT2D eigenvalue weighted by molar-refractivity contribution is 7.47. The molecule has 236 valence electrons. The quantitative estimate of drug-likeness (QED) is 0.0546. The number of carbonyl (C=O) groups is 3. The molecule has 11 nitrogen and oxygen atoms in total. The van der Waals surface area contributed by atoms with Crippen molar-refractivity contribution in [3.05, 3.63) is 0 Å². The summed E-state index contributed by atoms with van der Waals surface area (Å²) in [6, 6.07) is -1.51. The molecular formula is C28H54NO10P. The molecule has 0 fully saturated rings. The van der Waals surface area contributed by atoms with Crippen molar-refractivity contribution >= 4 is 25.7 Å². The monoisotopic (exact) mass is 595 g/mol. The lowest BCUT2D eigenvalue weighted by atomic mass is 10.1. The van der Waals surface area contributed by atoms with Gasteiger partial charge in [0.05, 0.1) is 13.2 Å². The number of unbranched alkanes of at least 4 members (excludes halogenated alkanes) is 14. The van der Waals surface area contributed by atoms with Gasteiger partial charge in [-0.25, -0.2) is 4.57 Å². The third-order valence-electron chi connectivity index (χ3n) is 6.36. The molecule has 12 heteroatoms. The van der Waals surface area contributed by atoms with Gasteiger partial charge in [0, 0.05) is 12.8 Å². The van der Waals surface area contributed by atoms with Crippen molar-refractivity contribution in [2.75, 3.05) is 19.8 Å². The molecule has 0 amide bonds. The Morgan fingerprint density at radius 1 is 0.675 bits per heavy atom. The Kier molecular flexibility index (Phi) is 24.3. The van der Waals surface area contributed by atoms with E-state index in [9.17, 15) is 23.8 Å². The summed E-state index contributed by atoms with van der Waals surface area (Å²) in [5, 5.41) is 8.78. The zero-order valence-corrected chi connectivity index (χ0v) is 25.6. The molecule has 1 unspecified atom stereocenters. The predicted molar refractivity (Wildman–Crippen MR) is 153 cm³/mol. The van der Waals surface area contributed by atoms with Crippen LogP contribution >= 0.6 is 7.82 Å². The smallest absolute Gasteiger partial charge is 0.472 e. The molecule has 0 aliphatic carbocycles. The fraction of sp³-hybridized carbons (Fsp3) is 0.893. The van der Waals surface area contributed by atoms with Crippen LogP contribution in [0.15, 0.2) is 0 Å². The van der Waals surface area contributed by atoms with Gasteiger partial charge in [0.15, 0.2) is 6.10 Å². The highest BCUT2D eigenvalue weighted by Gasteiger charge is 2.28. The number of rotatable bonds is 28. The first-order chi connectivity index (χ1) is 19.1. The standard InChI is InChI=1S/C28H54NO10P/c1-3-5-7-9-11-12-14-16-18-20-27(31)39-24(22-37-40(34,35)38-23-25(29)28(32)33)21-36-26(30)19-17-15-13-10-8-6-4-2/h24-25H,3-23,29H2,1-2H3,(H,32,33)(H,34,35)/t24-,25+/m1/s1. The van der Waals surface area contributed by atoms with Crippen LogP contribution in [0.1, 0.15) is 129 Å². The van der Waals surface area contributed by atoms with E-state index in [1.54, 1.807) is 0 Å². The summed E-state index contributed by atoms with van der Waals surface area (Å²) in [5.41, 5.74) is 5.27. The van der Waals surface area contributed by atoms with Crippen molar-refractivity contribution < 1.29 is 47.5 Å². The maximum absolute atomic E-state index is 12.4. The molecule has 3 atom stereocenters. The average Bonchev–Trinajstić information content (AvgIpc) is 2.91. The predicted octanol–water partition coefficient (Wildman–Crippen LogP) is 6.05. The second kappa shape index (κ2) is 25.2. The van der Waals surface area contributed by atoms with E-state index in [0.29, 0.717) is 12.8 Å². The molecule has 4 N–H and O–H groups in total. The van der Waals surface area contributed by atoms with E-state index in [4.69, 9.17) is 24.8 Å². The summed E-state index contributed by atoms with van der Waals surface area (Å²) < 4.78 is 32.2. The van der Waals surface area contributed by atoms with E-state index < -0.39 is 51.1 Å². The fourth-order valence-electron chi connectivity index (χ4n) is 3.89. The summed E-state index contributed by atoms with van der Waals surface area (Å²) in [6.07, 6.45) is 16.5. The highest BCUT2D eigenvalue weighted by Crippen LogP contribution is 2.43. The average molecular weight is 596 g/mol. The van der Waals surface area contributed by atoms with Crippen LogP contribution in [0.3, 0.4) is 0 Å². The number of esters is 2. The molecular weight excluding hydrogens is 541 g/mol. The lowest BCUT2D eigenvalue weighted by Gasteiger charge is -2.20. The van der Waals surface area contributed by atoms with Crippen LogP contribution < -0.4 is 5.73 Å². The van der Waals surface area contributed by atoms with E-state index in [2.05, 4.69) is 18.4 Å². The first kappa shape index (κ1) is 38.5. The number of carboxylic acid groups (broad SMARTS) is 1. The van der Waals surface area contributed by atoms with Crippen LogP contribution in [0.25, 0.3) is 0 Å². The number of hydrogen-bond donors (Lipinski definition) is 3. The Labute approximate surface area is 240 Å². The Morgan fingerprint density at radius 2 is 1.10 bits per heavy atom. The molecule has 0 spiro atoms. The Balaban J connectivity index is 4.57. The summed E-state index contributed by atoms with van der Waals surface area (Å²) >= 11 is 0. The minimum Gasteiger partial charge on any atom is -0.480 e. The van der Waals surface area contributed by atoms with Crippen LogP contribution in [0.5, 0.6) is 0 Å². The first-order valence-electron chi connectivity index (χ1n) is 15.1. The second-order valence-electron chi connectivity index (χ2n) is 10.2. The molecule has 0 saturated carbocycles. The van der Waals surface area contributed by atoms with Gasteiger partial charge < -0.3 is 25.2 Å². The topological polar surface area (TPSA) is 172 Å². The van der Waals surface area contributed by atoms with E-state index in [1.807, 2.05) is 0 Å². The lowest BCUT2D eigenvalue weighted by Crippen LogP contribution is -2.34. The summed E-state index contributed by atoms with van der Waals surface area (Å²) in [6.45, 7) is 2.67. The largest absolute Gasteiger partial charge is 0.480 e. The normalized spacial score (nSPS) is 14.3. The molecule has 0 aromatic rings. The minimum atomic E-state index is -4.68. The zero-order chi connectivity index (χ0) is 30.1. The maximum Gasteiger partial charge on any atom is 0.472 e. The van der Waals surface area contributed by atoms with Gasteiger partial charge in [-0.15, -0.1) is 0 Å². The second-order valence-corrected chi connectivity index (χ2v) is 11.7. The minimum absolute atomic E-state index is 0.166. The summed E-state index contributed by atoms with van der Waals surface area (Å²) in [4.78, 5) is 45.2. The van der Waals surface area contributed by atoms with Crippen molar-refractivity contribution in [2.45, 2.75) is 142 Å². The Hall–Kier alpha value is -1.52. The van der Waals surface area contributed by atoms with Gasteiger partial charge in [-0.2, -0.15) is 0 Å². The van der Waals surface area contributed by atoms with Crippen LogP contribution in [0, 0.1) is 0 Å². The van der Waals surface area contributed by atoms with Gasteiger partial charge in [-0.1, -0.05) is 104 Å². The Bertz CT molecular complexity index is 721. The Morgan fingerprint density at radius 3 is 1.57 bits per heavy atom. The number of hydrogen-bond acceptors (Lipinski definition) is 9. The number of phosphoric acid groups is 1. The number of aliphatic carboxylic acids is 1. The summed E-state index contributed by atoms with van der Waals surface area (Å²) in [5.74, 6) is -2.39. The third kappa shape index (κ3) is 24.3. The van der Waals surface area contributed by atoms with Crippen LogP contribution in [0.2, 0.25) is 0 Å². The van der Waals surface area contributed by atoms with E-state index in [1.165, 1.54) is 51.4 Å².